The van der Waals surface area contributed by atoms with Gasteiger partial charge in [0.15, 0.2) is 5.17 Å². The molecule has 0 saturated carbocycles. The Balaban J connectivity index is 2.04. The number of aliphatic imine (C=N–C) groups is 1. The largest absolute Gasteiger partial charge is 0.458 e. The van der Waals surface area contributed by atoms with E-state index in [1.165, 1.54) is 11.8 Å². The number of allylic oxidation sites excluding steroid dienone is 1. The van der Waals surface area contributed by atoms with Gasteiger partial charge in [0.2, 0.25) is 5.91 Å². The van der Waals surface area contributed by atoms with E-state index in [-0.39, 0.29) is 25.0 Å². The molecule has 1 amide bonds. The summed E-state index contributed by atoms with van der Waals surface area (Å²) < 4.78 is 5.43. The van der Waals surface area contributed by atoms with E-state index in [1.54, 1.807) is 6.08 Å². The van der Waals surface area contributed by atoms with E-state index >= 15 is 0 Å². The quantitative estimate of drug-likeness (QED) is 0.447. The number of rotatable bonds is 8. The van der Waals surface area contributed by atoms with Crippen molar-refractivity contribution >= 4 is 28.8 Å². The van der Waals surface area contributed by atoms with Crippen LogP contribution in [0.25, 0.3) is 0 Å². The number of esters is 1. The summed E-state index contributed by atoms with van der Waals surface area (Å²) in [6.07, 6.45) is 2.63. The number of thioether (sulfide) groups is 1. The van der Waals surface area contributed by atoms with Crippen molar-refractivity contribution in [2.45, 2.75) is 59.5 Å². The topological polar surface area (TPSA) is 71.0 Å². The molecule has 2 aliphatic rings. The first-order chi connectivity index (χ1) is 15.3. The molecule has 2 aliphatic heterocycles. The van der Waals surface area contributed by atoms with Crippen LogP contribution in [0.15, 0.2) is 58.2 Å². The first kappa shape index (κ1) is 23.9. The number of benzene rings is 1. The Bertz CT molecular complexity index is 1030. The van der Waals surface area contributed by atoms with Crippen LogP contribution in [-0.4, -0.2) is 34.6 Å². The minimum absolute atomic E-state index is 0.0473. The predicted molar refractivity (Wildman–Crippen MR) is 130 cm³/mol. The number of amidine groups is 1. The minimum Gasteiger partial charge on any atom is -0.458 e. The van der Waals surface area contributed by atoms with E-state index in [4.69, 9.17) is 4.74 Å². The summed E-state index contributed by atoms with van der Waals surface area (Å²) in [6.45, 7) is 13.7. The SMILES string of the molecule is C=CCOC(=O)C1=C(C)N=C2SC=C(CC(=O)N[C@@H](C)CC)N2[C@H]1c1ccc(C)cc1C. The van der Waals surface area contributed by atoms with Crippen molar-refractivity contribution in [2.75, 3.05) is 6.61 Å². The van der Waals surface area contributed by atoms with E-state index < -0.39 is 12.0 Å². The van der Waals surface area contributed by atoms with Crippen molar-refractivity contribution in [3.63, 3.8) is 0 Å². The van der Waals surface area contributed by atoms with Gasteiger partial charge in [-0.05, 0) is 50.7 Å². The number of carbonyl (C=O) groups excluding carboxylic acids is 2. The highest BCUT2D eigenvalue weighted by Gasteiger charge is 2.41. The van der Waals surface area contributed by atoms with Crippen LogP contribution in [0.2, 0.25) is 0 Å². The van der Waals surface area contributed by atoms with Gasteiger partial charge < -0.3 is 15.0 Å². The fourth-order valence-corrected chi connectivity index (χ4v) is 4.83. The Morgan fingerprint density at radius 1 is 1.34 bits per heavy atom. The van der Waals surface area contributed by atoms with Crippen molar-refractivity contribution in [1.82, 2.24) is 10.2 Å². The second kappa shape index (κ2) is 10.2. The third kappa shape index (κ3) is 4.99. The number of carbonyl (C=O) groups is 2. The first-order valence-corrected chi connectivity index (χ1v) is 11.7. The summed E-state index contributed by atoms with van der Waals surface area (Å²) in [4.78, 5) is 32.5. The van der Waals surface area contributed by atoms with E-state index in [0.29, 0.717) is 11.3 Å². The zero-order valence-corrected chi connectivity index (χ0v) is 20.2. The maximum Gasteiger partial charge on any atom is 0.338 e. The number of fused-ring (bicyclic) bond motifs is 1. The molecule has 170 valence electrons. The van der Waals surface area contributed by atoms with Gasteiger partial charge in [0.25, 0.3) is 0 Å². The number of hydrogen-bond acceptors (Lipinski definition) is 6. The third-order valence-corrected chi connectivity index (χ3v) is 6.52. The Morgan fingerprint density at radius 3 is 2.75 bits per heavy atom. The monoisotopic (exact) mass is 453 g/mol. The molecule has 2 heterocycles. The Kier molecular flexibility index (Phi) is 7.61. The highest BCUT2D eigenvalue weighted by Crippen LogP contribution is 2.45. The van der Waals surface area contributed by atoms with E-state index in [1.807, 2.05) is 57.1 Å². The van der Waals surface area contributed by atoms with Gasteiger partial charge in [-0.1, -0.05) is 55.1 Å². The summed E-state index contributed by atoms with van der Waals surface area (Å²) in [7, 11) is 0. The number of ether oxygens (including phenoxy) is 1. The molecule has 2 atom stereocenters. The van der Waals surface area contributed by atoms with Crippen LogP contribution in [0, 0.1) is 13.8 Å². The molecule has 0 saturated heterocycles. The molecule has 1 aromatic carbocycles. The Labute approximate surface area is 194 Å². The molecule has 0 fully saturated rings. The zero-order valence-electron chi connectivity index (χ0n) is 19.4. The summed E-state index contributed by atoms with van der Waals surface area (Å²) in [5, 5.41) is 5.74. The maximum atomic E-state index is 13.1. The highest BCUT2D eigenvalue weighted by atomic mass is 32.2. The van der Waals surface area contributed by atoms with Crippen LogP contribution in [0.4, 0.5) is 0 Å². The molecular weight excluding hydrogens is 422 g/mol. The summed E-state index contributed by atoms with van der Waals surface area (Å²) in [5.74, 6) is -0.468. The van der Waals surface area contributed by atoms with Crippen LogP contribution in [-0.2, 0) is 14.3 Å². The predicted octanol–water partition coefficient (Wildman–Crippen LogP) is 4.91. The lowest BCUT2D eigenvalue weighted by molar-refractivity contribution is -0.138. The summed E-state index contributed by atoms with van der Waals surface area (Å²) >= 11 is 1.48. The average Bonchev–Trinajstić information content (AvgIpc) is 3.13. The van der Waals surface area contributed by atoms with Gasteiger partial charge in [0.1, 0.15) is 6.61 Å². The molecule has 0 spiro atoms. The molecule has 0 aliphatic carbocycles. The van der Waals surface area contributed by atoms with Crippen LogP contribution >= 0.6 is 11.8 Å². The molecule has 0 bridgehead atoms. The van der Waals surface area contributed by atoms with Crippen molar-refractivity contribution in [1.29, 1.82) is 0 Å². The Morgan fingerprint density at radius 2 is 2.09 bits per heavy atom. The lowest BCUT2D eigenvalue weighted by atomic mass is 9.90. The fraction of sp³-hybridized carbons (Fsp3) is 0.400. The van der Waals surface area contributed by atoms with Crippen molar-refractivity contribution in [2.24, 2.45) is 4.99 Å². The molecule has 32 heavy (non-hydrogen) atoms. The van der Waals surface area contributed by atoms with Gasteiger partial charge in [-0.15, -0.1) is 0 Å². The summed E-state index contributed by atoms with van der Waals surface area (Å²) in [6, 6.07) is 5.88. The molecule has 0 unspecified atom stereocenters. The fourth-order valence-electron chi connectivity index (χ4n) is 3.86. The van der Waals surface area contributed by atoms with Crippen LogP contribution in [0.1, 0.15) is 56.3 Å². The second-order valence-corrected chi connectivity index (χ2v) is 9.03. The molecular formula is C25H31N3O3S. The van der Waals surface area contributed by atoms with Crippen LogP contribution in [0.5, 0.6) is 0 Å². The number of nitrogens with zero attached hydrogens (tertiary/aromatic N) is 2. The van der Waals surface area contributed by atoms with Gasteiger partial charge in [0.05, 0.1) is 23.7 Å². The van der Waals surface area contributed by atoms with Gasteiger partial charge >= 0.3 is 5.97 Å². The molecule has 1 N–H and O–H groups in total. The lowest BCUT2D eigenvalue weighted by Gasteiger charge is -2.37. The number of amides is 1. The van der Waals surface area contributed by atoms with Gasteiger partial charge in [-0.2, -0.15) is 0 Å². The summed E-state index contributed by atoms with van der Waals surface area (Å²) in [5.41, 5.74) is 5.13. The number of aryl methyl sites for hydroxylation is 2. The molecule has 7 heteroatoms. The maximum absolute atomic E-state index is 13.1. The molecule has 6 nitrogen and oxygen atoms in total. The average molecular weight is 454 g/mol. The van der Waals surface area contributed by atoms with Crippen molar-refractivity contribution < 1.29 is 14.3 Å². The standard InChI is InChI=1S/C25H31N3O3S/c1-7-11-31-24(30)22-18(6)27-25-28(23(22)20-10-9-15(3)12-16(20)4)19(14-32-25)13-21(29)26-17(5)8-2/h7,9-10,12,14,17,23H,1,8,11,13H2,2-6H3,(H,26,29)/t17-,23-/m0/s1. The minimum atomic E-state index is -0.421. The van der Waals surface area contributed by atoms with E-state index in [0.717, 1.165) is 34.0 Å². The Hall–Kier alpha value is -2.80. The van der Waals surface area contributed by atoms with Gasteiger partial charge in [0, 0.05) is 11.7 Å². The van der Waals surface area contributed by atoms with Gasteiger partial charge in [-0.3, -0.25) is 4.79 Å². The molecule has 3 rings (SSSR count). The van der Waals surface area contributed by atoms with Crippen molar-refractivity contribution in [3.05, 3.63) is 69.9 Å². The molecule has 0 aromatic heterocycles. The smallest absolute Gasteiger partial charge is 0.338 e. The second-order valence-electron chi connectivity index (χ2n) is 8.19. The third-order valence-electron chi connectivity index (χ3n) is 5.63. The van der Waals surface area contributed by atoms with Crippen LogP contribution in [0.3, 0.4) is 0 Å². The van der Waals surface area contributed by atoms with Crippen molar-refractivity contribution in [3.8, 4) is 0 Å². The lowest BCUT2D eigenvalue weighted by Crippen LogP contribution is -2.39. The first-order valence-electron chi connectivity index (χ1n) is 10.9. The van der Waals surface area contributed by atoms with E-state index in [9.17, 15) is 9.59 Å². The molecule has 0 radical (unpaired) electrons. The van der Waals surface area contributed by atoms with Gasteiger partial charge in [-0.25, -0.2) is 9.79 Å². The number of hydrogen-bond donors (Lipinski definition) is 1. The van der Waals surface area contributed by atoms with E-state index in [2.05, 4.69) is 23.0 Å². The highest BCUT2D eigenvalue weighted by molar-refractivity contribution is 8.16. The zero-order chi connectivity index (χ0) is 23.4. The van der Waals surface area contributed by atoms with Crippen LogP contribution < -0.4 is 5.32 Å². The normalized spacial score (nSPS) is 18.5. The molecule has 1 aromatic rings. The number of nitrogens with one attached hydrogen (secondary N) is 1.